The topological polar surface area (TPSA) is 114 Å². The van der Waals surface area contributed by atoms with Crippen molar-refractivity contribution in [3.05, 3.63) is 150 Å². The molecule has 50 heavy (non-hydrogen) atoms. The van der Waals surface area contributed by atoms with Crippen molar-refractivity contribution in [2.75, 3.05) is 13.2 Å². The number of aliphatic hydroxyl groups excluding tert-OH is 1. The number of carbonyl (C=O) groups is 3. The van der Waals surface area contributed by atoms with E-state index in [2.05, 4.69) is 10.6 Å². The molecule has 4 aromatic rings. The maximum Gasteiger partial charge on any atom is 0.309 e. The number of aliphatic hydroxyl groups is 1. The van der Waals surface area contributed by atoms with Gasteiger partial charge in [-0.25, -0.2) is 0 Å². The zero-order chi connectivity index (χ0) is 35.0. The van der Waals surface area contributed by atoms with Crippen LogP contribution in [0, 0.1) is 11.8 Å². The Hall–Kier alpha value is -5.21. The minimum absolute atomic E-state index is 0.00554. The summed E-state index contributed by atoms with van der Waals surface area (Å²) in [4.78, 5) is 40.3. The Balaban J connectivity index is 1.28. The van der Waals surface area contributed by atoms with E-state index in [4.69, 9.17) is 9.47 Å². The SMILES string of the molecule is O=C(C[C@H]1CC=CC[C@@H](Cc2ccccc2)C(=O)OC[C@H](Cc2ccc(OCc3ccccc3)cc2)NC1=O)N[C@H](CO)Cc1ccccc1. The first-order valence-corrected chi connectivity index (χ1v) is 17.3. The Morgan fingerprint density at radius 3 is 1.98 bits per heavy atom. The van der Waals surface area contributed by atoms with E-state index >= 15 is 0 Å². The van der Waals surface area contributed by atoms with E-state index in [1.807, 2.05) is 127 Å². The Bertz CT molecular complexity index is 1660. The zero-order valence-electron chi connectivity index (χ0n) is 28.3. The summed E-state index contributed by atoms with van der Waals surface area (Å²) in [5, 5.41) is 16.0. The van der Waals surface area contributed by atoms with Crippen LogP contribution < -0.4 is 15.4 Å². The van der Waals surface area contributed by atoms with Gasteiger partial charge >= 0.3 is 5.97 Å². The second kappa shape index (κ2) is 19.1. The molecule has 8 nitrogen and oxygen atoms in total. The number of allylic oxidation sites excluding steroid dienone is 2. The quantitative estimate of drug-likeness (QED) is 0.123. The lowest BCUT2D eigenvalue weighted by Crippen LogP contribution is -2.46. The lowest BCUT2D eigenvalue weighted by molar-refractivity contribution is -0.150. The molecular weight excluding hydrogens is 628 g/mol. The molecule has 0 aliphatic carbocycles. The molecule has 0 unspecified atom stereocenters. The first-order valence-electron chi connectivity index (χ1n) is 17.3. The van der Waals surface area contributed by atoms with E-state index in [0.717, 1.165) is 28.0 Å². The van der Waals surface area contributed by atoms with Crippen LogP contribution in [0.15, 0.2) is 127 Å². The fraction of sp³-hybridized carbons (Fsp3) is 0.310. The van der Waals surface area contributed by atoms with Crippen molar-refractivity contribution in [2.45, 2.75) is 57.2 Å². The fourth-order valence-corrected chi connectivity index (χ4v) is 6.05. The van der Waals surface area contributed by atoms with Gasteiger partial charge in [0.1, 0.15) is 19.0 Å². The van der Waals surface area contributed by atoms with Crippen LogP contribution in [0.2, 0.25) is 0 Å². The molecule has 8 heteroatoms. The Morgan fingerprint density at radius 2 is 1.34 bits per heavy atom. The zero-order valence-corrected chi connectivity index (χ0v) is 28.3. The van der Waals surface area contributed by atoms with E-state index in [1.54, 1.807) is 0 Å². The maximum absolute atomic E-state index is 13.7. The normalized spacial score (nSPS) is 18.9. The Labute approximate surface area is 294 Å². The molecule has 2 amide bonds. The molecule has 1 heterocycles. The summed E-state index contributed by atoms with van der Waals surface area (Å²) in [6, 6.07) is 36.1. The minimum Gasteiger partial charge on any atom is -0.489 e. The first kappa shape index (κ1) is 36.1. The van der Waals surface area contributed by atoms with Crippen molar-refractivity contribution in [1.29, 1.82) is 0 Å². The molecule has 4 aromatic carbocycles. The number of hydrogen-bond donors (Lipinski definition) is 3. The smallest absolute Gasteiger partial charge is 0.309 e. The van der Waals surface area contributed by atoms with Crippen LogP contribution in [-0.4, -0.2) is 48.2 Å². The van der Waals surface area contributed by atoms with Crippen LogP contribution in [-0.2, 0) is 45.0 Å². The van der Waals surface area contributed by atoms with Gasteiger partial charge in [-0.05, 0) is 66.5 Å². The number of cyclic esters (lactones) is 1. The third-order valence-electron chi connectivity index (χ3n) is 8.81. The number of amides is 2. The summed E-state index contributed by atoms with van der Waals surface area (Å²) in [6.07, 6.45) is 5.94. The number of nitrogens with one attached hydrogen (secondary N) is 2. The summed E-state index contributed by atoms with van der Waals surface area (Å²) in [6.45, 7) is 0.228. The standard InChI is InChI=1S/C42H46N2O6/c45-28-37(25-32-14-6-2-7-15-32)43-40(46)27-35-18-10-11-19-36(24-31-12-4-1-5-13-31)42(48)50-30-38(44-41(35)47)26-33-20-22-39(23-21-33)49-29-34-16-8-3-9-17-34/h1-17,20-23,35-38,45H,18-19,24-30H2,(H,43,46)(H,44,47)/t35-,36+,37+,38+/m1/s1. The second-order valence-corrected chi connectivity index (χ2v) is 12.8. The van der Waals surface area contributed by atoms with Gasteiger partial charge in [-0.2, -0.15) is 0 Å². The Morgan fingerprint density at radius 1 is 0.760 bits per heavy atom. The Kier molecular flexibility index (Phi) is 13.8. The molecule has 0 saturated carbocycles. The summed E-state index contributed by atoms with van der Waals surface area (Å²) in [5.74, 6) is -1.23. The highest BCUT2D eigenvalue weighted by Crippen LogP contribution is 2.20. The highest BCUT2D eigenvalue weighted by molar-refractivity contribution is 5.86. The molecule has 0 fully saturated rings. The van der Waals surface area contributed by atoms with Crippen LogP contribution >= 0.6 is 0 Å². The summed E-state index contributed by atoms with van der Waals surface area (Å²) >= 11 is 0. The van der Waals surface area contributed by atoms with E-state index in [1.165, 1.54) is 0 Å². The van der Waals surface area contributed by atoms with Gasteiger partial charge < -0.3 is 25.2 Å². The van der Waals surface area contributed by atoms with Gasteiger partial charge in [-0.3, -0.25) is 14.4 Å². The van der Waals surface area contributed by atoms with E-state index < -0.39 is 23.9 Å². The molecule has 4 atom stereocenters. The highest BCUT2D eigenvalue weighted by atomic mass is 16.5. The van der Waals surface area contributed by atoms with Gasteiger partial charge in [-0.15, -0.1) is 0 Å². The molecule has 5 rings (SSSR count). The number of rotatable bonds is 13. The average molecular weight is 675 g/mol. The van der Waals surface area contributed by atoms with E-state index in [-0.39, 0.29) is 37.4 Å². The third kappa shape index (κ3) is 11.7. The lowest BCUT2D eigenvalue weighted by atomic mass is 9.94. The highest BCUT2D eigenvalue weighted by Gasteiger charge is 2.27. The molecule has 3 N–H and O–H groups in total. The molecule has 0 aromatic heterocycles. The molecule has 1 aliphatic rings. The van der Waals surface area contributed by atoms with Crippen molar-refractivity contribution in [1.82, 2.24) is 10.6 Å². The van der Waals surface area contributed by atoms with Crippen molar-refractivity contribution < 1.29 is 29.0 Å². The summed E-state index contributed by atoms with van der Waals surface area (Å²) in [7, 11) is 0. The van der Waals surface area contributed by atoms with Crippen LogP contribution in [0.5, 0.6) is 5.75 Å². The van der Waals surface area contributed by atoms with Crippen LogP contribution in [0.1, 0.15) is 41.5 Å². The van der Waals surface area contributed by atoms with E-state index in [0.29, 0.717) is 38.7 Å². The molecule has 1 aliphatic heterocycles. The molecule has 0 spiro atoms. The number of hydrogen-bond acceptors (Lipinski definition) is 6. The van der Waals surface area contributed by atoms with Crippen LogP contribution in [0.3, 0.4) is 0 Å². The van der Waals surface area contributed by atoms with Crippen molar-refractivity contribution >= 4 is 17.8 Å². The fourth-order valence-electron chi connectivity index (χ4n) is 6.05. The predicted molar refractivity (Wildman–Crippen MR) is 193 cm³/mol. The van der Waals surface area contributed by atoms with Gasteiger partial charge in [0.25, 0.3) is 0 Å². The number of esters is 1. The molecule has 260 valence electrons. The van der Waals surface area contributed by atoms with Gasteiger partial charge in [0.15, 0.2) is 0 Å². The largest absolute Gasteiger partial charge is 0.489 e. The van der Waals surface area contributed by atoms with Crippen molar-refractivity contribution in [2.24, 2.45) is 11.8 Å². The molecule has 0 radical (unpaired) electrons. The number of carbonyl (C=O) groups excluding carboxylic acids is 3. The monoisotopic (exact) mass is 674 g/mol. The predicted octanol–water partition coefficient (Wildman–Crippen LogP) is 5.77. The summed E-state index contributed by atoms with van der Waals surface area (Å²) < 4.78 is 11.8. The number of ether oxygens (including phenoxy) is 2. The van der Waals surface area contributed by atoms with Gasteiger partial charge in [0, 0.05) is 6.42 Å². The molecular formula is C42H46N2O6. The molecule has 0 bridgehead atoms. The van der Waals surface area contributed by atoms with Crippen molar-refractivity contribution in [3.63, 3.8) is 0 Å². The summed E-state index contributed by atoms with van der Waals surface area (Å²) in [5.41, 5.74) is 4.04. The molecule has 0 saturated heterocycles. The third-order valence-corrected chi connectivity index (χ3v) is 8.81. The van der Waals surface area contributed by atoms with Crippen LogP contribution in [0.25, 0.3) is 0 Å². The average Bonchev–Trinajstić information content (AvgIpc) is 3.14. The van der Waals surface area contributed by atoms with Gasteiger partial charge in [0.05, 0.1) is 30.5 Å². The van der Waals surface area contributed by atoms with Crippen LogP contribution in [0.4, 0.5) is 0 Å². The van der Waals surface area contributed by atoms with Gasteiger partial charge in [-0.1, -0.05) is 115 Å². The lowest BCUT2D eigenvalue weighted by Gasteiger charge is -2.25. The minimum atomic E-state index is -0.652. The van der Waals surface area contributed by atoms with Gasteiger partial charge in [0.2, 0.25) is 11.8 Å². The second-order valence-electron chi connectivity index (χ2n) is 12.8. The maximum atomic E-state index is 13.7. The number of benzene rings is 4. The van der Waals surface area contributed by atoms with Crippen molar-refractivity contribution in [3.8, 4) is 5.75 Å². The first-order chi connectivity index (χ1) is 24.4. The van der Waals surface area contributed by atoms with E-state index in [9.17, 15) is 19.5 Å².